The molecular weight excluding hydrogens is 248 g/mol. The first-order valence-electron chi connectivity index (χ1n) is 7.87. The van der Waals surface area contributed by atoms with Crippen LogP contribution in [-0.2, 0) is 11.2 Å². The molecule has 0 aromatic heterocycles. The minimum absolute atomic E-state index is 0.602. The predicted octanol–water partition coefficient (Wildman–Crippen LogP) is 2.32. The maximum Gasteiger partial charge on any atom is 0.0462 e. The summed E-state index contributed by atoms with van der Waals surface area (Å²) in [5.41, 5.74) is 1.44. The van der Waals surface area contributed by atoms with E-state index in [4.69, 9.17) is 4.74 Å². The summed E-state index contributed by atoms with van der Waals surface area (Å²) in [6, 6.07) is 11.4. The standard InChI is InChI=1S/C17H28N2O/c1-20-13-7-3-6-11-19-12-10-18-17(15-19)14-16-8-4-2-5-9-16/h2,4-5,8-9,17-18H,3,6-7,10-15H2,1H3. The number of piperazine rings is 1. The number of hydrogen-bond donors (Lipinski definition) is 1. The van der Waals surface area contributed by atoms with Gasteiger partial charge in [-0.25, -0.2) is 0 Å². The second-order valence-electron chi connectivity index (χ2n) is 5.69. The number of benzene rings is 1. The van der Waals surface area contributed by atoms with Crippen LogP contribution >= 0.6 is 0 Å². The van der Waals surface area contributed by atoms with E-state index in [1.807, 2.05) is 0 Å². The Kier molecular flexibility index (Phi) is 7.06. The average Bonchev–Trinajstić information content (AvgIpc) is 2.48. The molecule has 1 unspecified atom stereocenters. The Labute approximate surface area is 123 Å². The molecular formula is C17H28N2O. The highest BCUT2D eigenvalue weighted by Gasteiger charge is 2.18. The molecule has 0 bridgehead atoms. The smallest absolute Gasteiger partial charge is 0.0462 e. The Morgan fingerprint density at radius 2 is 2.05 bits per heavy atom. The first-order chi connectivity index (χ1) is 9.88. The van der Waals surface area contributed by atoms with E-state index in [0.717, 1.165) is 19.6 Å². The van der Waals surface area contributed by atoms with E-state index in [-0.39, 0.29) is 0 Å². The topological polar surface area (TPSA) is 24.5 Å². The minimum Gasteiger partial charge on any atom is -0.385 e. The highest BCUT2D eigenvalue weighted by atomic mass is 16.5. The second-order valence-corrected chi connectivity index (χ2v) is 5.69. The van der Waals surface area contributed by atoms with E-state index in [0.29, 0.717) is 6.04 Å². The van der Waals surface area contributed by atoms with Crippen LogP contribution in [0.1, 0.15) is 24.8 Å². The van der Waals surface area contributed by atoms with Crippen LogP contribution in [0.25, 0.3) is 0 Å². The molecule has 1 aliphatic rings. The summed E-state index contributed by atoms with van der Waals surface area (Å²) in [5, 5.41) is 3.65. The van der Waals surface area contributed by atoms with Gasteiger partial charge in [0.05, 0.1) is 0 Å². The number of ether oxygens (including phenoxy) is 1. The summed E-state index contributed by atoms with van der Waals surface area (Å²) in [4.78, 5) is 2.61. The second kappa shape index (κ2) is 9.11. The summed E-state index contributed by atoms with van der Waals surface area (Å²) in [7, 11) is 1.78. The molecule has 3 heteroatoms. The monoisotopic (exact) mass is 276 g/mol. The van der Waals surface area contributed by atoms with Crippen molar-refractivity contribution < 1.29 is 4.74 Å². The summed E-state index contributed by atoms with van der Waals surface area (Å²) in [5.74, 6) is 0. The van der Waals surface area contributed by atoms with Gasteiger partial charge in [-0.2, -0.15) is 0 Å². The summed E-state index contributed by atoms with van der Waals surface area (Å²) < 4.78 is 5.09. The highest BCUT2D eigenvalue weighted by Crippen LogP contribution is 2.09. The fourth-order valence-electron chi connectivity index (χ4n) is 2.89. The van der Waals surface area contributed by atoms with Crippen LogP contribution in [0.2, 0.25) is 0 Å². The molecule has 1 saturated heterocycles. The van der Waals surface area contributed by atoms with Crippen LogP contribution in [0.4, 0.5) is 0 Å². The van der Waals surface area contributed by atoms with Crippen molar-refractivity contribution in [3.63, 3.8) is 0 Å². The molecule has 0 aliphatic carbocycles. The van der Waals surface area contributed by atoms with Crippen LogP contribution in [0.5, 0.6) is 0 Å². The van der Waals surface area contributed by atoms with E-state index >= 15 is 0 Å². The van der Waals surface area contributed by atoms with Crippen molar-refractivity contribution in [3.8, 4) is 0 Å². The third-order valence-electron chi connectivity index (χ3n) is 3.99. The maximum atomic E-state index is 5.09. The van der Waals surface area contributed by atoms with E-state index in [1.165, 1.54) is 44.5 Å². The van der Waals surface area contributed by atoms with Gasteiger partial charge in [0, 0.05) is 39.4 Å². The van der Waals surface area contributed by atoms with Crippen molar-refractivity contribution in [2.24, 2.45) is 0 Å². The lowest BCUT2D eigenvalue weighted by Crippen LogP contribution is -2.51. The average molecular weight is 276 g/mol. The first-order valence-corrected chi connectivity index (χ1v) is 7.87. The van der Waals surface area contributed by atoms with Crippen LogP contribution < -0.4 is 5.32 Å². The zero-order chi connectivity index (χ0) is 14.0. The Bertz CT molecular complexity index is 355. The summed E-state index contributed by atoms with van der Waals surface area (Å²) >= 11 is 0. The summed E-state index contributed by atoms with van der Waals surface area (Å²) in [6.45, 7) is 5.62. The highest BCUT2D eigenvalue weighted by molar-refractivity contribution is 5.16. The number of unbranched alkanes of at least 4 members (excludes halogenated alkanes) is 2. The molecule has 2 rings (SSSR count). The lowest BCUT2D eigenvalue weighted by atomic mass is 10.0. The van der Waals surface area contributed by atoms with Gasteiger partial charge in [-0.15, -0.1) is 0 Å². The van der Waals surface area contributed by atoms with Crippen molar-refractivity contribution >= 4 is 0 Å². The Morgan fingerprint density at radius 1 is 1.20 bits per heavy atom. The van der Waals surface area contributed by atoms with Gasteiger partial charge in [0.2, 0.25) is 0 Å². The lowest BCUT2D eigenvalue weighted by Gasteiger charge is -2.33. The molecule has 1 aromatic rings. The van der Waals surface area contributed by atoms with Gasteiger partial charge < -0.3 is 15.0 Å². The van der Waals surface area contributed by atoms with Crippen LogP contribution in [0.15, 0.2) is 30.3 Å². The van der Waals surface area contributed by atoms with Crippen molar-refractivity contribution in [2.45, 2.75) is 31.7 Å². The van der Waals surface area contributed by atoms with Crippen molar-refractivity contribution in [3.05, 3.63) is 35.9 Å². The third kappa shape index (κ3) is 5.61. The van der Waals surface area contributed by atoms with Crippen molar-refractivity contribution in [1.82, 2.24) is 10.2 Å². The van der Waals surface area contributed by atoms with Gasteiger partial charge in [-0.1, -0.05) is 30.3 Å². The molecule has 1 heterocycles. The largest absolute Gasteiger partial charge is 0.385 e. The molecule has 1 aromatic carbocycles. The molecule has 1 atom stereocenters. The van der Waals surface area contributed by atoms with Gasteiger partial charge in [0.15, 0.2) is 0 Å². The maximum absolute atomic E-state index is 5.09. The van der Waals surface area contributed by atoms with Gasteiger partial charge in [-0.3, -0.25) is 0 Å². The quantitative estimate of drug-likeness (QED) is 0.738. The molecule has 1 aliphatic heterocycles. The number of hydrogen-bond acceptors (Lipinski definition) is 3. The van der Waals surface area contributed by atoms with Crippen molar-refractivity contribution in [1.29, 1.82) is 0 Å². The normalized spacial score (nSPS) is 20.1. The van der Waals surface area contributed by atoms with E-state index in [2.05, 4.69) is 40.5 Å². The van der Waals surface area contributed by atoms with Gasteiger partial charge >= 0.3 is 0 Å². The SMILES string of the molecule is COCCCCCN1CCNC(Cc2ccccc2)C1. The van der Waals surface area contributed by atoms with Gasteiger partial charge in [0.25, 0.3) is 0 Å². The Hall–Kier alpha value is -0.900. The third-order valence-corrected chi connectivity index (χ3v) is 3.99. The molecule has 1 N–H and O–H groups in total. The minimum atomic E-state index is 0.602. The molecule has 20 heavy (non-hydrogen) atoms. The first kappa shape index (κ1) is 15.5. The summed E-state index contributed by atoms with van der Waals surface area (Å²) in [6.07, 6.45) is 4.90. The lowest BCUT2D eigenvalue weighted by molar-refractivity contribution is 0.179. The predicted molar refractivity (Wildman–Crippen MR) is 84.1 cm³/mol. The molecule has 112 valence electrons. The molecule has 0 saturated carbocycles. The number of nitrogens with zero attached hydrogens (tertiary/aromatic N) is 1. The van der Waals surface area contributed by atoms with Gasteiger partial charge in [0.1, 0.15) is 0 Å². The van der Waals surface area contributed by atoms with Crippen molar-refractivity contribution in [2.75, 3.05) is 39.9 Å². The molecule has 0 spiro atoms. The fourth-order valence-corrected chi connectivity index (χ4v) is 2.89. The van der Waals surface area contributed by atoms with E-state index in [9.17, 15) is 0 Å². The van der Waals surface area contributed by atoms with Crippen LogP contribution in [-0.4, -0.2) is 50.8 Å². The zero-order valence-electron chi connectivity index (χ0n) is 12.7. The molecule has 0 amide bonds. The number of nitrogens with one attached hydrogen (secondary N) is 1. The molecule has 0 radical (unpaired) electrons. The Morgan fingerprint density at radius 3 is 2.85 bits per heavy atom. The zero-order valence-corrected chi connectivity index (χ0v) is 12.7. The Balaban J connectivity index is 1.66. The molecule has 1 fully saturated rings. The van der Waals surface area contributed by atoms with Gasteiger partial charge in [-0.05, 0) is 37.8 Å². The van der Waals surface area contributed by atoms with E-state index in [1.54, 1.807) is 7.11 Å². The van der Waals surface area contributed by atoms with Crippen LogP contribution in [0, 0.1) is 0 Å². The van der Waals surface area contributed by atoms with Crippen LogP contribution in [0.3, 0.4) is 0 Å². The fraction of sp³-hybridized carbons (Fsp3) is 0.647. The number of rotatable bonds is 8. The molecule has 3 nitrogen and oxygen atoms in total. The number of methoxy groups -OCH3 is 1. The van der Waals surface area contributed by atoms with E-state index < -0.39 is 0 Å².